The first-order valence-electron chi connectivity index (χ1n) is 3.33. The Bertz CT molecular complexity index is 52.3. The summed E-state index contributed by atoms with van der Waals surface area (Å²) in [5.41, 5.74) is 0. The molecule has 0 aliphatic heterocycles. The molecule has 0 heterocycles. The highest BCUT2D eigenvalue weighted by atomic mass is 13.0. The van der Waals surface area contributed by atoms with Crippen LogP contribution in [0.4, 0.5) is 0 Å². The molecule has 0 aromatic carbocycles. The molecule has 0 saturated carbocycles. The van der Waals surface area contributed by atoms with Gasteiger partial charge in [0.05, 0.1) is 0 Å². The molecule has 8 heteroatoms. The van der Waals surface area contributed by atoms with Gasteiger partial charge in [-0.25, -0.2) is 0 Å². The first-order valence-corrected chi connectivity index (χ1v) is 3.33. The predicted octanol–water partition coefficient (Wildman–Crippen LogP) is -2.02. The van der Waals surface area contributed by atoms with E-state index in [1.165, 1.54) is 0 Å². The van der Waals surface area contributed by atoms with Gasteiger partial charge < -0.3 is 0 Å². The molecule has 0 fully saturated rings. The normalized spacial score (nSPS) is 7.00. The highest BCUT2D eigenvalue weighted by Crippen LogP contribution is 1.76. The van der Waals surface area contributed by atoms with E-state index in [-0.39, 0.29) is 0 Å². The van der Waals surface area contributed by atoms with Gasteiger partial charge >= 0.3 is 0 Å². The molecular formula is C2H6B8. The van der Waals surface area contributed by atoms with Crippen LogP contribution in [-0.2, 0) is 0 Å². The summed E-state index contributed by atoms with van der Waals surface area (Å²) in [5.74, 6) is 0. The van der Waals surface area contributed by atoms with E-state index in [9.17, 15) is 0 Å². The van der Waals surface area contributed by atoms with Gasteiger partial charge in [0.2, 0.25) is 0 Å². The van der Waals surface area contributed by atoms with E-state index in [0.717, 1.165) is 0 Å². The molecule has 0 unspecified atom stereocenters. The van der Waals surface area contributed by atoms with Gasteiger partial charge in [0.1, 0.15) is 0 Å². The lowest BCUT2D eigenvalue weighted by Crippen LogP contribution is -2.52. The molecule has 0 N–H and O–H groups in total. The van der Waals surface area contributed by atoms with Gasteiger partial charge in [-0.15, -0.1) is 0 Å². The van der Waals surface area contributed by atoms with E-state index < -0.39 is 19.2 Å². The third-order valence-electron chi connectivity index (χ3n) is 0.889. The Labute approximate surface area is 72.2 Å². The van der Waals surface area contributed by atoms with Gasteiger partial charge in [-0.3, -0.25) is 0 Å². The highest BCUT2D eigenvalue weighted by molar-refractivity contribution is 7.89. The second-order valence-corrected chi connectivity index (χ2v) is 1.73. The lowest BCUT2D eigenvalue weighted by Gasteiger charge is -2.13. The van der Waals surface area contributed by atoms with Gasteiger partial charge in [0.15, 0.2) is 0 Å². The van der Waals surface area contributed by atoms with Crippen LogP contribution in [0, 0.1) is 0 Å². The van der Waals surface area contributed by atoms with Crippen molar-refractivity contribution < 1.29 is 0 Å². The molecule has 0 amide bonds. The third kappa shape index (κ3) is 6.64. The van der Waals surface area contributed by atoms with Crippen molar-refractivity contribution in [3.05, 3.63) is 0 Å². The standard InChI is InChI=1S/C2H6.B8/c1-2;1-6(2)8(5)7(3)4/h1-2H3;. The van der Waals surface area contributed by atoms with E-state index >= 15 is 0 Å². The molecule has 10 heavy (non-hydrogen) atoms. The second kappa shape index (κ2) is 7.62. The van der Waals surface area contributed by atoms with Gasteiger partial charge in [-0.05, 0) is 0 Å². The first-order chi connectivity index (χ1) is 4.55. The van der Waals surface area contributed by atoms with Gasteiger partial charge in [-0.1, -0.05) is 13.8 Å². The maximum Gasteiger partial charge on any atom is 0 e. The van der Waals surface area contributed by atoms with Crippen LogP contribution in [-0.4, -0.2) is 57.8 Å². The van der Waals surface area contributed by atoms with Crippen molar-refractivity contribution in [1.82, 2.24) is 0 Å². The van der Waals surface area contributed by atoms with E-state index in [4.69, 9.17) is 38.7 Å². The van der Waals surface area contributed by atoms with Crippen LogP contribution in [0.2, 0.25) is 0 Å². The van der Waals surface area contributed by atoms with Crippen molar-refractivity contribution in [1.29, 1.82) is 0 Å². The minimum absolute atomic E-state index is 0.519. The summed E-state index contributed by atoms with van der Waals surface area (Å²) in [6.07, 6.45) is -1.78. The lowest BCUT2D eigenvalue weighted by atomic mass is 8.68. The third-order valence-corrected chi connectivity index (χ3v) is 0.889. The number of hydrogen-bond donors (Lipinski definition) is 0. The summed E-state index contributed by atoms with van der Waals surface area (Å²) in [4.78, 5) is 0. The average molecular weight is 117 g/mol. The molecule has 0 nitrogen and oxygen atoms in total. The van der Waals surface area contributed by atoms with Crippen molar-refractivity contribution in [2.75, 3.05) is 0 Å². The highest BCUT2D eigenvalue weighted by Gasteiger charge is 2.14. The molecule has 38 valence electrons. The van der Waals surface area contributed by atoms with Crippen LogP contribution in [0.15, 0.2) is 0 Å². The Morgan fingerprint density at radius 1 is 0.700 bits per heavy atom. The van der Waals surface area contributed by atoms with E-state index in [0.29, 0.717) is 0 Å². The van der Waals surface area contributed by atoms with Crippen LogP contribution in [0.25, 0.3) is 0 Å². The first kappa shape index (κ1) is 13.1. The largest absolute Gasteiger partial charge is 0.0683 e. The topological polar surface area (TPSA) is 0 Å². The second-order valence-electron chi connectivity index (χ2n) is 1.73. The molecule has 0 aliphatic rings. The molecule has 0 atom stereocenters. The number of rotatable bonds is 2. The molecule has 0 rings (SSSR count). The average Bonchev–Trinajstić information content (AvgIpc) is 1.90. The molecule has 0 saturated heterocycles. The SMILES string of the molecule is CC.[B]B([B])B([B])B([B])[B]. The summed E-state index contributed by atoms with van der Waals surface area (Å²) in [6, 6.07) is 0. The Hall–Kier alpha value is 0.519. The summed E-state index contributed by atoms with van der Waals surface area (Å²) in [6.45, 7) is 4.00. The van der Waals surface area contributed by atoms with Gasteiger partial charge in [0, 0.05) is 57.8 Å². The molecule has 0 aliphatic carbocycles. The predicted molar refractivity (Wildman–Crippen MR) is 57.4 cm³/mol. The van der Waals surface area contributed by atoms with Crippen LogP contribution < -0.4 is 0 Å². The van der Waals surface area contributed by atoms with E-state index in [1.807, 2.05) is 13.8 Å². The molecule has 0 spiro atoms. The lowest BCUT2D eigenvalue weighted by molar-refractivity contribution is 1.50. The quantitative estimate of drug-likeness (QED) is 0.366. The summed E-state index contributed by atoms with van der Waals surface area (Å²) in [5, 5.41) is 0. The number of hydrogen-bond acceptors (Lipinski definition) is 0. The minimum Gasteiger partial charge on any atom is -0.0683 e. The van der Waals surface area contributed by atoms with Crippen LogP contribution >= 0.6 is 0 Å². The van der Waals surface area contributed by atoms with Crippen LogP contribution in [0.5, 0.6) is 0 Å². The fourth-order valence-corrected chi connectivity index (χ4v) is 0.257. The zero-order valence-electron chi connectivity index (χ0n) is 6.62. The maximum atomic E-state index is 5.26. The monoisotopic (exact) mass is 118 g/mol. The Kier molecular flexibility index (Phi) is 10.0. The molecule has 0 aromatic rings. The smallest absolute Gasteiger partial charge is 0 e. The Morgan fingerprint density at radius 3 is 0.900 bits per heavy atom. The molecule has 0 aromatic heterocycles. The summed E-state index contributed by atoms with van der Waals surface area (Å²) in [7, 11) is 25.8. The van der Waals surface area contributed by atoms with Gasteiger partial charge in [0.25, 0.3) is 0 Å². The molecule has 0 bridgehead atoms. The van der Waals surface area contributed by atoms with Crippen LogP contribution in [0.1, 0.15) is 13.8 Å². The van der Waals surface area contributed by atoms with Crippen molar-refractivity contribution in [3.8, 4) is 0 Å². The summed E-state index contributed by atoms with van der Waals surface area (Å²) >= 11 is 0. The van der Waals surface area contributed by atoms with Crippen molar-refractivity contribution in [2.45, 2.75) is 13.8 Å². The zero-order chi connectivity index (χ0) is 8.73. The van der Waals surface area contributed by atoms with Gasteiger partial charge in [-0.2, -0.15) is 0 Å². The zero-order valence-corrected chi connectivity index (χ0v) is 6.62. The molecular weight excluding hydrogens is 111 g/mol. The fourth-order valence-electron chi connectivity index (χ4n) is 0.257. The fraction of sp³-hybridized carbons (Fsp3) is 1.00. The summed E-state index contributed by atoms with van der Waals surface area (Å²) < 4.78 is 0. The Morgan fingerprint density at radius 2 is 0.900 bits per heavy atom. The van der Waals surface area contributed by atoms with Crippen molar-refractivity contribution in [3.63, 3.8) is 0 Å². The van der Waals surface area contributed by atoms with Crippen LogP contribution in [0.3, 0.4) is 0 Å². The van der Waals surface area contributed by atoms with E-state index in [1.54, 1.807) is 0 Å². The molecule has 10 radical (unpaired) electrons. The van der Waals surface area contributed by atoms with Crippen molar-refractivity contribution >= 4 is 57.8 Å². The maximum absolute atomic E-state index is 5.26. The van der Waals surface area contributed by atoms with Crippen molar-refractivity contribution in [2.24, 2.45) is 0 Å². The minimum atomic E-state index is -0.630. The Balaban J connectivity index is 0. The van der Waals surface area contributed by atoms with E-state index in [2.05, 4.69) is 0 Å².